The van der Waals surface area contributed by atoms with Gasteiger partial charge in [-0.3, -0.25) is 0 Å². The van der Waals surface area contributed by atoms with Gasteiger partial charge >= 0.3 is 0 Å². The number of hydrogen-bond donors (Lipinski definition) is 2. The Kier molecular flexibility index (Phi) is 1.63. The van der Waals surface area contributed by atoms with Crippen molar-refractivity contribution in [3.05, 3.63) is 22.5 Å². The highest BCUT2D eigenvalue weighted by Gasteiger charge is 2.07. The van der Waals surface area contributed by atoms with Crippen LogP contribution in [0.4, 0.5) is 11.4 Å². The molecule has 0 saturated heterocycles. The highest BCUT2D eigenvalue weighted by molar-refractivity contribution is 7.18. The minimum absolute atomic E-state index is 0.478. The fourth-order valence-corrected chi connectivity index (χ4v) is 2.28. The Balaban J connectivity index is 2.94. The van der Waals surface area contributed by atoms with Crippen LogP contribution in [0.25, 0.3) is 10.1 Å². The summed E-state index contributed by atoms with van der Waals surface area (Å²) in [6.07, 6.45) is 0. The number of nitrogens with two attached hydrogens (primary N) is 2. The Labute approximate surface area is 78.7 Å². The van der Waals surface area contributed by atoms with Crippen LogP contribution in [0, 0.1) is 0 Å². The minimum Gasteiger partial charge on any atom is -0.397 e. The van der Waals surface area contributed by atoms with Gasteiger partial charge in [-0.1, -0.05) is 11.6 Å². The van der Waals surface area contributed by atoms with E-state index in [1.54, 1.807) is 11.3 Å². The zero-order valence-corrected chi connectivity index (χ0v) is 7.75. The molecule has 0 atom stereocenters. The van der Waals surface area contributed by atoms with Gasteiger partial charge in [-0.25, -0.2) is 0 Å². The highest BCUT2D eigenvalue weighted by Crippen LogP contribution is 2.36. The first-order chi connectivity index (χ1) is 5.70. The molecule has 2 nitrogen and oxygen atoms in total. The van der Waals surface area contributed by atoms with E-state index in [1.165, 1.54) is 0 Å². The van der Waals surface area contributed by atoms with Gasteiger partial charge in [0.15, 0.2) is 0 Å². The fourth-order valence-electron chi connectivity index (χ4n) is 1.11. The van der Waals surface area contributed by atoms with E-state index in [0.29, 0.717) is 16.4 Å². The average Bonchev–Trinajstić information content (AvgIpc) is 2.48. The lowest BCUT2D eigenvalue weighted by Gasteiger charge is -2.02. The summed E-state index contributed by atoms with van der Waals surface area (Å²) in [5.41, 5.74) is 12.3. The number of halogens is 1. The first-order valence-corrected chi connectivity index (χ1v) is 4.66. The summed E-state index contributed by atoms with van der Waals surface area (Å²) in [5, 5.41) is 3.59. The Morgan fingerprint density at radius 2 is 2.08 bits per heavy atom. The zero-order chi connectivity index (χ0) is 8.72. The molecule has 0 aliphatic rings. The summed E-state index contributed by atoms with van der Waals surface area (Å²) in [7, 11) is 0. The van der Waals surface area contributed by atoms with Crippen molar-refractivity contribution in [1.82, 2.24) is 0 Å². The summed E-state index contributed by atoms with van der Waals surface area (Å²) in [4.78, 5) is 0. The van der Waals surface area contributed by atoms with Gasteiger partial charge < -0.3 is 11.5 Å². The molecule has 2 aromatic rings. The third-order valence-corrected chi connectivity index (χ3v) is 3.21. The molecule has 2 rings (SSSR count). The third-order valence-electron chi connectivity index (χ3n) is 1.75. The largest absolute Gasteiger partial charge is 0.397 e. The SMILES string of the molecule is Nc1cc2ccsc2c(Cl)c1N. The zero-order valence-electron chi connectivity index (χ0n) is 6.17. The van der Waals surface area contributed by atoms with Crippen molar-refractivity contribution in [3.8, 4) is 0 Å². The molecule has 0 unspecified atom stereocenters. The lowest BCUT2D eigenvalue weighted by atomic mass is 10.2. The van der Waals surface area contributed by atoms with Gasteiger partial charge in [0.05, 0.1) is 21.1 Å². The van der Waals surface area contributed by atoms with E-state index < -0.39 is 0 Å². The van der Waals surface area contributed by atoms with Crippen molar-refractivity contribution < 1.29 is 0 Å². The van der Waals surface area contributed by atoms with E-state index in [4.69, 9.17) is 23.1 Å². The lowest BCUT2D eigenvalue weighted by Crippen LogP contribution is -1.94. The molecule has 0 radical (unpaired) electrons. The summed E-state index contributed by atoms with van der Waals surface area (Å²) in [6.45, 7) is 0. The molecule has 4 heteroatoms. The maximum atomic E-state index is 5.98. The van der Waals surface area contributed by atoms with Crippen molar-refractivity contribution in [2.24, 2.45) is 0 Å². The van der Waals surface area contributed by atoms with Crippen LogP contribution >= 0.6 is 22.9 Å². The van der Waals surface area contributed by atoms with Gasteiger partial charge in [0.25, 0.3) is 0 Å². The van der Waals surface area contributed by atoms with Crippen LogP contribution in [-0.2, 0) is 0 Å². The van der Waals surface area contributed by atoms with Crippen LogP contribution < -0.4 is 11.5 Å². The predicted molar refractivity (Wildman–Crippen MR) is 55.7 cm³/mol. The second kappa shape index (κ2) is 2.54. The highest BCUT2D eigenvalue weighted by atomic mass is 35.5. The third kappa shape index (κ3) is 0.940. The average molecular weight is 199 g/mol. The molecule has 0 spiro atoms. The molecule has 0 amide bonds. The van der Waals surface area contributed by atoms with Gasteiger partial charge in [-0.05, 0) is 22.9 Å². The number of fused-ring (bicyclic) bond motifs is 1. The van der Waals surface area contributed by atoms with Gasteiger partial charge in [0.1, 0.15) is 0 Å². The lowest BCUT2D eigenvalue weighted by molar-refractivity contribution is 1.74. The second-order valence-corrected chi connectivity index (χ2v) is 3.83. The number of thiophene rings is 1. The van der Waals surface area contributed by atoms with Crippen molar-refractivity contribution in [1.29, 1.82) is 0 Å². The number of anilines is 2. The molecule has 12 heavy (non-hydrogen) atoms. The van der Waals surface area contributed by atoms with Crippen LogP contribution in [0.15, 0.2) is 17.5 Å². The van der Waals surface area contributed by atoms with Crippen molar-refractivity contribution >= 4 is 44.4 Å². The van der Waals surface area contributed by atoms with Crippen LogP contribution in [0.3, 0.4) is 0 Å². The monoisotopic (exact) mass is 198 g/mol. The maximum Gasteiger partial charge on any atom is 0.0834 e. The Hall–Kier alpha value is -0.930. The van der Waals surface area contributed by atoms with E-state index in [0.717, 1.165) is 10.1 Å². The first kappa shape index (κ1) is 7.71. The van der Waals surface area contributed by atoms with Crippen molar-refractivity contribution in [2.45, 2.75) is 0 Å². The molecule has 62 valence electrons. The standard InChI is InChI=1S/C8H7ClN2S/c9-6-7(11)5(10)3-4-1-2-12-8(4)6/h1-3H,10-11H2. The molecule has 0 aliphatic carbocycles. The van der Waals surface area contributed by atoms with Gasteiger partial charge in [-0.15, -0.1) is 11.3 Å². The molecule has 4 N–H and O–H groups in total. The van der Waals surface area contributed by atoms with E-state index >= 15 is 0 Å². The molecular formula is C8H7ClN2S. The van der Waals surface area contributed by atoms with Gasteiger partial charge in [-0.2, -0.15) is 0 Å². The van der Waals surface area contributed by atoms with Crippen LogP contribution in [-0.4, -0.2) is 0 Å². The summed E-state index contributed by atoms with van der Waals surface area (Å²) in [5.74, 6) is 0. The topological polar surface area (TPSA) is 52.0 Å². The van der Waals surface area contributed by atoms with Crippen LogP contribution in [0.5, 0.6) is 0 Å². The number of hydrogen-bond acceptors (Lipinski definition) is 3. The number of nitrogen functional groups attached to an aromatic ring is 2. The number of rotatable bonds is 0. The Morgan fingerprint density at radius 1 is 1.33 bits per heavy atom. The van der Waals surface area contributed by atoms with E-state index in [9.17, 15) is 0 Å². The Morgan fingerprint density at radius 3 is 2.83 bits per heavy atom. The molecule has 1 heterocycles. The predicted octanol–water partition coefficient (Wildman–Crippen LogP) is 2.72. The minimum atomic E-state index is 0.478. The summed E-state index contributed by atoms with van der Waals surface area (Å²) < 4.78 is 1.00. The van der Waals surface area contributed by atoms with Crippen LogP contribution in [0.1, 0.15) is 0 Å². The van der Waals surface area contributed by atoms with E-state index in [2.05, 4.69) is 0 Å². The summed E-state index contributed by atoms with van der Waals surface area (Å²) in [6, 6.07) is 3.81. The first-order valence-electron chi connectivity index (χ1n) is 3.41. The quantitative estimate of drug-likeness (QED) is 0.640. The molecule has 0 bridgehead atoms. The maximum absolute atomic E-state index is 5.98. The fraction of sp³-hybridized carbons (Fsp3) is 0. The van der Waals surface area contributed by atoms with E-state index in [1.807, 2.05) is 17.5 Å². The second-order valence-electron chi connectivity index (χ2n) is 2.53. The van der Waals surface area contributed by atoms with Gasteiger partial charge in [0.2, 0.25) is 0 Å². The number of benzene rings is 1. The van der Waals surface area contributed by atoms with Gasteiger partial charge in [0, 0.05) is 0 Å². The molecule has 0 aliphatic heterocycles. The van der Waals surface area contributed by atoms with Crippen molar-refractivity contribution in [2.75, 3.05) is 11.5 Å². The summed E-state index contributed by atoms with van der Waals surface area (Å²) >= 11 is 7.55. The smallest absolute Gasteiger partial charge is 0.0834 e. The van der Waals surface area contributed by atoms with Crippen molar-refractivity contribution in [3.63, 3.8) is 0 Å². The molecule has 0 fully saturated rings. The normalized spacial score (nSPS) is 10.8. The molecular weight excluding hydrogens is 192 g/mol. The molecule has 1 aromatic carbocycles. The molecule has 0 saturated carbocycles. The van der Waals surface area contributed by atoms with E-state index in [-0.39, 0.29) is 0 Å². The Bertz CT molecular complexity index is 436. The molecule has 1 aromatic heterocycles. The van der Waals surface area contributed by atoms with Crippen LogP contribution in [0.2, 0.25) is 5.02 Å².